The van der Waals surface area contributed by atoms with Gasteiger partial charge in [-0.2, -0.15) is 0 Å². The van der Waals surface area contributed by atoms with Gasteiger partial charge in [-0.05, 0) is 36.1 Å². The van der Waals surface area contributed by atoms with Gasteiger partial charge in [-0.1, -0.05) is 47.1 Å². The highest BCUT2D eigenvalue weighted by Crippen LogP contribution is 2.09. The van der Waals surface area contributed by atoms with E-state index in [4.69, 9.17) is 16.8 Å². The number of pyridine rings is 1. The van der Waals surface area contributed by atoms with Gasteiger partial charge in [-0.3, -0.25) is 4.98 Å². The van der Waals surface area contributed by atoms with Crippen LogP contribution in [0.1, 0.15) is 16.8 Å². The number of halogens is 2. The van der Waals surface area contributed by atoms with Gasteiger partial charge in [0.1, 0.15) is 5.17 Å². The highest BCUT2D eigenvalue weighted by molar-refractivity contribution is 6.65. The number of nitrogens with zero attached hydrogens (tertiary/aromatic N) is 2. The van der Waals surface area contributed by atoms with Crippen LogP contribution < -0.4 is 0 Å². The summed E-state index contributed by atoms with van der Waals surface area (Å²) in [6, 6.07) is 14.1. The normalized spacial score (nSPS) is 10.9. The molecule has 106 valence electrons. The third-order valence-corrected chi connectivity index (χ3v) is 3.09. The lowest BCUT2D eigenvalue weighted by Gasteiger charge is -2.03. The Hall–Kier alpha value is -1.58. The van der Waals surface area contributed by atoms with Crippen LogP contribution in [-0.2, 0) is 19.3 Å². The molecule has 3 nitrogen and oxygen atoms in total. The molecule has 2 aromatic rings. The molecule has 1 aromatic carbocycles. The zero-order valence-electron chi connectivity index (χ0n) is 10.9. The SMILES string of the molecule is Cl.O/N=C(\Cl)Cc1ccc(CCc2ccccn2)cc1. The molecule has 0 bridgehead atoms. The first kappa shape index (κ1) is 16.5. The minimum absolute atomic E-state index is 0. The predicted octanol–water partition coefficient (Wildman–Crippen LogP) is 3.86. The number of aryl methyl sites for hydroxylation is 2. The summed E-state index contributed by atoms with van der Waals surface area (Å²) in [6.45, 7) is 0. The fourth-order valence-corrected chi connectivity index (χ4v) is 2.00. The zero-order valence-corrected chi connectivity index (χ0v) is 12.4. The summed E-state index contributed by atoms with van der Waals surface area (Å²) in [7, 11) is 0. The Morgan fingerprint density at radius 3 is 2.35 bits per heavy atom. The molecule has 1 N–H and O–H groups in total. The van der Waals surface area contributed by atoms with E-state index in [0.717, 1.165) is 24.1 Å². The molecule has 0 saturated heterocycles. The van der Waals surface area contributed by atoms with Crippen LogP contribution in [0, 0.1) is 0 Å². The van der Waals surface area contributed by atoms with Crippen molar-refractivity contribution >= 4 is 29.2 Å². The number of rotatable bonds is 5. The molecule has 0 aliphatic heterocycles. The molecule has 1 heterocycles. The van der Waals surface area contributed by atoms with Crippen molar-refractivity contribution < 1.29 is 5.21 Å². The maximum absolute atomic E-state index is 8.51. The lowest BCUT2D eigenvalue weighted by atomic mass is 10.0. The van der Waals surface area contributed by atoms with E-state index >= 15 is 0 Å². The van der Waals surface area contributed by atoms with Gasteiger partial charge >= 0.3 is 0 Å². The molecule has 0 atom stereocenters. The number of oxime groups is 1. The largest absolute Gasteiger partial charge is 0.410 e. The van der Waals surface area contributed by atoms with E-state index in [9.17, 15) is 0 Å². The molecule has 0 aliphatic rings. The summed E-state index contributed by atoms with van der Waals surface area (Å²) in [5.74, 6) is 0. The van der Waals surface area contributed by atoms with Crippen LogP contribution in [0.15, 0.2) is 53.8 Å². The molecule has 0 spiro atoms. The van der Waals surface area contributed by atoms with Crippen molar-refractivity contribution in [3.05, 3.63) is 65.5 Å². The van der Waals surface area contributed by atoms with Crippen molar-refractivity contribution in [1.82, 2.24) is 4.98 Å². The van der Waals surface area contributed by atoms with E-state index < -0.39 is 0 Å². The molecule has 20 heavy (non-hydrogen) atoms. The Bertz CT molecular complexity index is 542. The van der Waals surface area contributed by atoms with Crippen LogP contribution in [-0.4, -0.2) is 15.4 Å². The standard InChI is InChI=1S/C15H15ClN2O.ClH/c16-15(18-19)11-13-6-4-12(5-7-13)8-9-14-3-1-2-10-17-14;/h1-7,10,19H,8-9,11H2;1H/b18-15-;. The molecule has 0 aliphatic carbocycles. The molecular weight excluding hydrogens is 295 g/mol. The number of hydrogen-bond donors (Lipinski definition) is 1. The maximum atomic E-state index is 8.51. The summed E-state index contributed by atoms with van der Waals surface area (Å²) in [5.41, 5.74) is 3.39. The summed E-state index contributed by atoms with van der Waals surface area (Å²) in [5, 5.41) is 11.7. The van der Waals surface area contributed by atoms with Gasteiger partial charge in [-0.15, -0.1) is 12.4 Å². The fraction of sp³-hybridized carbons (Fsp3) is 0.200. The highest BCUT2D eigenvalue weighted by Gasteiger charge is 2.00. The van der Waals surface area contributed by atoms with Gasteiger partial charge in [0.15, 0.2) is 0 Å². The Labute approximate surface area is 129 Å². The first-order valence-corrected chi connectivity index (χ1v) is 6.50. The van der Waals surface area contributed by atoms with Crippen LogP contribution in [0.4, 0.5) is 0 Å². The summed E-state index contributed by atoms with van der Waals surface area (Å²) in [6.07, 6.45) is 4.16. The van der Waals surface area contributed by atoms with Crippen molar-refractivity contribution in [2.75, 3.05) is 0 Å². The molecule has 0 saturated carbocycles. The minimum Gasteiger partial charge on any atom is -0.410 e. The van der Waals surface area contributed by atoms with Crippen LogP contribution >= 0.6 is 24.0 Å². The fourth-order valence-electron chi connectivity index (χ4n) is 1.85. The molecule has 0 fully saturated rings. The summed E-state index contributed by atoms with van der Waals surface area (Å²) >= 11 is 5.67. The monoisotopic (exact) mass is 310 g/mol. The molecule has 0 radical (unpaired) electrons. The van der Waals surface area contributed by atoms with Gasteiger partial charge < -0.3 is 5.21 Å². The van der Waals surface area contributed by atoms with E-state index in [0.29, 0.717) is 6.42 Å². The lowest BCUT2D eigenvalue weighted by Crippen LogP contribution is -1.96. The number of hydrogen-bond acceptors (Lipinski definition) is 3. The molecule has 0 amide bonds. The first-order valence-electron chi connectivity index (χ1n) is 6.12. The van der Waals surface area contributed by atoms with E-state index in [1.165, 1.54) is 5.56 Å². The minimum atomic E-state index is 0. The Balaban J connectivity index is 0.00000200. The Morgan fingerprint density at radius 2 is 1.75 bits per heavy atom. The van der Waals surface area contributed by atoms with E-state index in [-0.39, 0.29) is 17.6 Å². The zero-order chi connectivity index (χ0) is 13.5. The van der Waals surface area contributed by atoms with Crippen LogP contribution in [0.2, 0.25) is 0 Å². The molecule has 1 aromatic heterocycles. The predicted molar refractivity (Wildman–Crippen MR) is 84.1 cm³/mol. The highest BCUT2D eigenvalue weighted by atomic mass is 35.5. The second-order valence-corrected chi connectivity index (χ2v) is 4.73. The number of aromatic nitrogens is 1. The number of benzene rings is 1. The average Bonchev–Trinajstić information content (AvgIpc) is 2.47. The first-order chi connectivity index (χ1) is 9.28. The van der Waals surface area contributed by atoms with E-state index in [1.807, 2.05) is 36.5 Å². The maximum Gasteiger partial charge on any atom is 0.149 e. The molecule has 2 rings (SSSR count). The topological polar surface area (TPSA) is 45.5 Å². The second-order valence-electron chi connectivity index (χ2n) is 4.29. The van der Waals surface area contributed by atoms with Crippen molar-refractivity contribution in [2.45, 2.75) is 19.3 Å². The van der Waals surface area contributed by atoms with Gasteiger partial charge in [0, 0.05) is 18.3 Å². The quantitative estimate of drug-likeness (QED) is 0.518. The van der Waals surface area contributed by atoms with Gasteiger partial charge in [0.2, 0.25) is 0 Å². The molecule has 0 unspecified atom stereocenters. The average molecular weight is 311 g/mol. The third-order valence-electron chi connectivity index (χ3n) is 2.88. The Morgan fingerprint density at radius 1 is 1.05 bits per heavy atom. The van der Waals surface area contributed by atoms with Gasteiger partial charge in [-0.25, -0.2) is 0 Å². The van der Waals surface area contributed by atoms with Crippen molar-refractivity contribution in [3.8, 4) is 0 Å². The van der Waals surface area contributed by atoms with Crippen LogP contribution in [0.25, 0.3) is 0 Å². The summed E-state index contributed by atoms with van der Waals surface area (Å²) < 4.78 is 0. The third kappa shape index (κ3) is 5.19. The van der Waals surface area contributed by atoms with E-state index in [2.05, 4.69) is 22.3 Å². The van der Waals surface area contributed by atoms with Crippen LogP contribution in [0.3, 0.4) is 0 Å². The summed E-state index contributed by atoms with van der Waals surface area (Å²) in [4.78, 5) is 4.30. The molecule has 5 heteroatoms. The van der Waals surface area contributed by atoms with Crippen molar-refractivity contribution in [1.29, 1.82) is 0 Å². The van der Waals surface area contributed by atoms with E-state index in [1.54, 1.807) is 0 Å². The van der Waals surface area contributed by atoms with Gasteiger partial charge in [0.25, 0.3) is 0 Å². The molecular formula is C15H16Cl2N2O. The second kappa shape index (κ2) is 8.56. The smallest absolute Gasteiger partial charge is 0.149 e. The van der Waals surface area contributed by atoms with Gasteiger partial charge in [0.05, 0.1) is 0 Å². The van der Waals surface area contributed by atoms with Crippen molar-refractivity contribution in [2.24, 2.45) is 5.16 Å². The lowest BCUT2D eigenvalue weighted by molar-refractivity contribution is 0.319. The van der Waals surface area contributed by atoms with Crippen molar-refractivity contribution in [3.63, 3.8) is 0 Å². The van der Waals surface area contributed by atoms with Crippen LogP contribution in [0.5, 0.6) is 0 Å². The Kier molecular flexibility index (Phi) is 7.05.